The monoisotopic (exact) mass is 333 g/mol. The first-order chi connectivity index (χ1) is 11.0. The van der Waals surface area contributed by atoms with Crippen LogP contribution in [0.2, 0.25) is 0 Å². The highest BCUT2D eigenvalue weighted by Crippen LogP contribution is 2.36. The Labute approximate surface area is 141 Å². The maximum Gasteiger partial charge on any atom is 0.185 e. The summed E-state index contributed by atoms with van der Waals surface area (Å²) in [5.74, 6) is 0.908. The van der Waals surface area contributed by atoms with Gasteiger partial charge in [-0.3, -0.25) is 0 Å². The number of thiazole rings is 1. The maximum atomic E-state index is 9.20. The molecule has 0 radical (unpaired) electrons. The summed E-state index contributed by atoms with van der Waals surface area (Å²) in [6.07, 6.45) is 0. The predicted molar refractivity (Wildman–Crippen MR) is 94.7 cm³/mol. The van der Waals surface area contributed by atoms with Crippen LogP contribution in [-0.4, -0.2) is 42.4 Å². The van der Waals surface area contributed by atoms with E-state index in [-0.39, 0.29) is 12.1 Å². The van der Waals surface area contributed by atoms with Crippen molar-refractivity contribution in [3.63, 3.8) is 0 Å². The summed E-state index contributed by atoms with van der Waals surface area (Å²) in [5, 5.41) is 12.1. The summed E-state index contributed by atoms with van der Waals surface area (Å²) in [6, 6.07) is 8.17. The molecule has 2 heterocycles. The lowest BCUT2D eigenvalue weighted by Crippen LogP contribution is -2.59. The molecule has 1 aromatic heterocycles. The van der Waals surface area contributed by atoms with Crippen molar-refractivity contribution in [3.05, 3.63) is 35.3 Å². The molecule has 0 spiro atoms. The zero-order valence-corrected chi connectivity index (χ0v) is 14.6. The summed E-state index contributed by atoms with van der Waals surface area (Å²) < 4.78 is 5.53. The molecule has 124 valence electrons. The molecule has 0 atom stereocenters. The fraction of sp³-hybridized carbons (Fsp3) is 0.471. The Morgan fingerprint density at radius 1 is 1.30 bits per heavy atom. The van der Waals surface area contributed by atoms with Gasteiger partial charge >= 0.3 is 0 Å². The number of aliphatic hydroxyl groups excluding tert-OH is 1. The van der Waals surface area contributed by atoms with E-state index in [1.807, 2.05) is 17.5 Å². The molecule has 0 saturated carbocycles. The first-order valence-corrected chi connectivity index (χ1v) is 8.64. The van der Waals surface area contributed by atoms with Crippen molar-refractivity contribution < 1.29 is 9.84 Å². The number of aromatic nitrogens is 1. The van der Waals surface area contributed by atoms with Crippen molar-refractivity contribution >= 4 is 22.2 Å². The van der Waals surface area contributed by atoms with E-state index in [0.717, 1.165) is 41.9 Å². The first kappa shape index (κ1) is 16.1. The number of hydrogen-bond donors (Lipinski definition) is 1. The summed E-state index contributed by atoms with van der Waals surface area (Å²) in [5.41, 5.74) is 1.84. The van der Waals surface area contributed by atoms with E-state index in [0.29, 0.717) is 0 Å². The molecule has 6 heteroatoms. The zero-order valence-electron chi connectivity index (χ0n) is 13.8. The number of nitrogens with zero attached hydrogens (tertiary/aromatic N) is 3. The molecule has 5 nitrogen and oxygen atoms in total. The van der Waals surface area contributed by atoms with Crippen molar-refractivity contribution in [2.75, 3.05) is 36.5 Å². The number of rotatable bonds is 4. The minimum Gasteiger partial charge on any atom is -0.495 e. The number of aliphatic hydroxyl groups is 1. The average molecular weight is 333 g/mol. The lowest BCUT2D eigenvalue weighted by molar-refractivity contribution is 0.277. The van der Waals surface area contributed by atoms with Gasteiger partial charge in [-0.2, -0.15) is 0 Å². The van der Waals surface area contributed by atoms with E-state index in [1.165, 1.54) is 0 Å². The van der Waals surface area contributed by atoms with Gasteiger partial charge in [-0.1, -0.05) is 12.1 Å². The normalized spacial score (nSPS) is 17.4. The van der Waals surface area contributed by atoms with Gasteiger partial charge in [0.15, 0.2) is 5.13 Å². The van der Waals surface area contributed by atoms with Gasteiger partial charge in [0, 0.05) is 25.0 Å². The van der Waals surface area contributed by atoms with E-state index in [4.69, 9.17) is 4.74 Å². The van der Waals surface area contributed by atoms with Gasteiger partial charge in [0.25, 0.3) is 0 Å². The summed E-state index contributed by atoms with van der Waals surface area (Å²) >= 11 is 1.60. The molecule has 0 amide bonds. The highest BCUT2D eigenvalue weighted by atomic mass is 32.1. The van der Waals surface area contributed by atoms with Crippen LogP contribution >= 0.6 is 11.3 Å². The largest absolute Gasteiger partial charge is 0.495 e. The Morgan fingerprint density at radius 3 is 2.74 bits per heavy atom. The molecule has 3 rings (SSSR count). The molecule has 1 aliphatic rings. The molecule has 1 aliphatic heterocycles. The molecular weight excluding hydrogens is 310 g/mol. The van der Waals surface area contributed by atoms with Crippen LogP contribution < -0.4 is 14.5 Å². The minimum absolute atomic E-state index is 0.00106. The number of benzene rings is 1. The van der Waals surface area contributed by atoms with Crippen molar-refractivity contribution in [3.8, 4) is 5.75 Å². The minimum atomic E-state index is -0.0437. The van der Waals surface area contributed by atoms with E-state index < -0.39 is 0 Å². The second kappa shape index (κ2) is 6.37. The van der Waals surface area contributed by atoms with Gasteiger partial charge in [-0.05, 0) is 26.0 Å². The zero-order chi connectivity index (χ0) is 16.4. The Bertz CT molecular complexity index is 671. The first-order valence-electron chi connectivity index (χ1n) is 7.76. The van der Waals surface area contributed by atoms with Crippen LogP contribution in [0.4, 0.5) is 10.8 Å². The fourth-order valence-corrected chi connectivity index (χ4v) is 3.98. The summed E-state index contributed by atoms with van der Waals surface area (Å²) in [4.78, 5) is 9.21. The van der Waals surface area contributed by atoms with Crippen molar-refractivity contribution in [2.24, 2.45) is 0 Å². The third-order valence-electron chi connectivity index (χ3n) is 4.25. The molecule has 0 bridgehead atoms. The lowest BCUT2D eigenvalue weighted by Gasteiger charge is -2.48. The van der Waals surface area contributed by atoms with Crippen LogP contribution in [0.1, 0.15) is 19.5 Å². The number of methoxy groups -OCH3 is 1. The van der Waals surface area contributed by atoms with Gasteiger partial charge in [0.05, 0.1) is 30.6 Å². The molecule has 23 heavy (non-hydrogen) atoms. The SMILES string of the molecule is COc1ccccc1N1CCN(c2nc(CO)cs2)CC1(C)C. The van der Waals surface area contributed by atoms with Crippen LogP contribution in [0.5, 0.6) is 5.75 Å². The van der Waals surface area contributed by atoms with Crippen LogP contribution in [0.15, 0.2) is 29.6 Å². The van der Waals surface area contributed by atoms with Gasteiger partial charge < -0.3 is 19.6 Å². The van der Waals surface area contributed by atoms with Gasteiger partial charge in [0.1, 0.15) is 5.75 Å². The van der Waals surface area contributed by atoms with Crippen LogP contribution in [0.25, 0.3) is 0 Å². The number of para-hydroxylation sites is 2. The van der Waals surface area contributed by atoms with Crippen molar-refractivity contribution in [1.82, 2.24) is 4.98 Å². The maximum absolute atomic E-state index is 9.20. The van der Waals surface area contributed by atoms with E-state index in [9.17, 15) is 5.11 Å². The highest BCUT2D eigenvalue weighted by Gasteiger charge is 2.35. The van der Waals surface area contributed by atoms with E-state index in [1.54, 1.807) is 18.4 Å². The van der Waals surface area contributed by atoms with Crippen LogP contribution in [-0.2, 0) is 6.61 Å². The topological polar surface area (TPSA) is 48.8 Å². The van der Waals surface area contributed by atoms with Crippen molar-refractivity contribution in [2.45, 2.75) is 26.0 Å². The Morgan fingerprint density at radius 2 is 2.09 bits per heavy atom. The van der Waals surface area contributed by atoms with Gasteiger partial charge in [-0.15, -0.1) is 11.3 Å². The molecule has 0 aliphatic carbocycles. The highest BCUT2D eigenvalue weighted by molar-refractivity contribution is 7.13. The van der Waals surface area contributed by atoms with Gasteiger partial charge in [-0.25, -0.2) is 4.98 Å². The number of hydrogen-bond acceptors (Lipinski definition) is 6. The molecule has 1 saturated heterocycles. The molecular formula is C17H23N3O2S. The quantitative estimate of drug-likeness (QED) is 0.932. The Kier molecular flexibility index (Phi) is 4.46. The predicted octanol–water partition coefficient (Wildman–Crippen LogP) is 2.75. The molecule has 1 aromatic carbocycles. The molecule has 1 N–H and O–H groups in total. The number of piperazine rings is 1. The number of anilines is 2. The summed E-state index contributed by atoms with van der Waals surface area (Å²) in [7, 11) is 1.72. The lowest BCUT2D eigenvalue weighted by atomic mass is 9.97. The Hall–Kier alpha value is -1.79. The third-order valence-corrected chi connectivity index (χ3v) is 5.20. The third kappa shape index (κ3) is 3.14. The number of ether oxygens (including phenoxy) is 1. The van der Waals surface area contributed by atoms with Gasteiger partial charge in [0.2, 0.25) is 0 Å². The molecule has 1 fully saturated rings. The Balaban J connectivity index is 1.82. The smallest absolute Gasteiger partial charge is 0.185 e. The van der Waals surface area contributed by atoms with Crippen LogP contribution in [0.3, 0.4) is 0 Å². The van der Waals surface area contributed by atoms with Crippen molar-refractivity contribution in [1.29, 1.82) is 0 Å². The molecule has 2 aromatic rings. The second-order valence-electron chi connectivity index (χ2n) is 6.34. The molecule has 0 unspecified atom stereocenters. The summed E-state index contributed by atoms with van der Waals surface area (Å²) in [6.45, 7) is 7.17. The fourth-order valence-electron chi connectivity index (χ4n) is 3.13. The van der Waals surface area contributed by atoms with E-state index >= 15 is 0 Å². The standard InChI is InChI=1S/C17H23N3O2S/c1-17(2)12-19(16-18-13(10-21)11-23-16)8-9-20(17)14-6-4-5-7-15(14)22-3/h4-7,11,21H,8-10,12H2,1-3H3. The van der Waals surface area contributed by atoms with Crippen LogP contribution in [0, 0.1) is 0 Å². The van der Waals surface area contributed by atoms with E-state index in [2.05, 4.69) is 40.8 Å². The average Bonchev–Trinajstić information content (AvgIpc) is 3.03. The second-order valence-corrected chi connectivity index (χ2v) is 7.17.